The van der Waals surface area contributed by atoms with Crippen LogP contribution in [0, 0.1) is 5.92 Å². The van der Waals surface area contributed by atoms with Crippen molar-refractivity contribution in [3.8, 4) is 0 Å². The molecule has 0 saturated carbocycles. The van der Waals surface area contributed by atoms with E-state index in [0.29, 0.717) is 30.7 Å². The van der Waals surface area contributed by atoms with Crippen molar-refractivity contribution in [2.45, 2.75) is 32.1 Å². The number of amides is 1. The van der Waals surface area contributed by atoms with E-state index in [2.05, 4.69) is 34.4 Å². The fourth-order valence-corrected chi connectivity index (χ4v) is 4.07. The summed E-state index contributed by atoms with van der Waals surface area (Å²) in [5, 5.41) is 6.93. The van der Waals surface area contributed by atoms with Crippen LogP contribution < -0.4 is 10.6 Å². The van der Waals surface area contributed by atoms with Crippen molar-refractivity contribution in [3.63, 3.8) is 0 Å². The van der Waals surface area contributed by atoms with Gasteiger partial charge < -0.3 is 15.5 Å². The summed E-state index contributed by atoms with van der Waals surface area (Å²) in [7, 11) is 1.81. The molecule has 25 heavy (non-hydrogen) atoms. The highest BCUT2D eigenvalue weighted by molar-refractivity contribution is 8.00. The van der Waals surface area contributed by atoms with Gasteiger partial charge in [-0.05, 0) is 11.5 Å². The number of carbonyl (C=O) groups is 1. The summed E-state index contributed by atoms with van der Waals surface area (Å²) in [5.41, 5.74) is 1.12. The number of carbonyl (C=O) groups excluding carboxylic acids is 1. The van der Waals surface area contributed by atoms with Gasteiger partial charge in [0.1, 0.15) is 0 Å². The largest absolute Gasteiger partial charge is 0.356 e. The normalized spacial score (nSPS) is 18.3. The summed E-state index contributed by atoms with van der Waals surface area (Å²) in [6.07, 6.45) is 0.446. The first-order chi connectivity index (χ1) is 12.1. The van der Waals surface area contributed by atoms with Crippen LogP contribution in [0.25, 0.3) is 0 Å². The maximum Gasteiger partial charge on any atom is 0.222 e. The summed E-state index contributed by atoms with van der Waals surface area (Å²) >= 11 is 2.05. The summed E-state index contributed by atoms with van der Waals surface area (Å²) in [6, 6.07) is 9.96. The van der Waals surface area contributed by atoms with Crippen molar-refractivity contribution < 1.29 is 4.79 Å². The van der Waals surface area contributed by atoms with Gasteiger partial charge in [0.15, 0.2) is 5.96 Å². The summed E-state index contributed by atoms with van der Waals surface area (Å²) in [5.74, 6) is 2.75. The maximum atomic E-state index is 12.0. The Labute approximate surface area is 155 Å². The van der Waals surface area contributed by atoms with E-state index in [0.717, 1.165) is 30.4 Å². The second-order valence-corrected chi connectivity index (χ2v) is 7.93. The Balaban J connectivity index is 1.71. The van der Waals surface area contributed by atoms with Crippen molar-refractivity contribution in [1.29, 1.82) is 0 Å². The van der Waals surface area contributed by atoms with E-state index >= 15 is 0 Å². The van der Waals surface area contributed by atoms with E-state index in [1.807, 2.05) is 49.1 Å². The molecule has 1 heterocycles. The molecule has 0 aliphatic carbocycles. The SMILES string of the molecule is CN=C(NCCC(=O)NCc1ccccc1)N1CCSC(C(C)C)C1. The van der Waals surface area contributed by atoms with Crippen LogP contribution in [0.15, 0.2) is 35.3 Å². The molecule has 1 atom stereocenters. The molecular weight excluding hydrogens is 332 g/mol. The minimum absolute atomic E-state index is 0.0565. The third-order valence-electron chi connectivity index (χ3n) is 4.32. The predicted octanol–water partition coefficient (Wildman–Crippen LogP) is 2.34. The zero-order chi connectivity index (χ0) is 18.1. The van der Waals surface area contributed by atoms with E-state index in [1.54, 1.807) is 0 Å². The van der Waals surface area contributed by atoms with E-state index in [4.69, 9.17) is 0 Å². The molecule has 0 bridgehead atoms. The fourth-order valence-electron chi connectivity index (χ4n) is 2.78. The first-order valence-corrected chi connectivity index (χ1v) is 10.0. The number of hydrogen-bond acceptors (Lipinski definition) is 3. The van der Waals surface area contributed by atoms with Crippen LogP contribution in [0.4, 0.5) is 0 Å². The van der Waals surface area contributed by atoms with Crippen LogP contribution in [0.1, 0.15) is 25.8 Å². The zero-order valence-corrected chi connectivity index (χ0v) is 16.3. The smallest absolute Gasteiger partial charge is 0.222 e. The molecule has 1 aromatic carbocycles. The molecule has 1 saturated heterocycles. The van der Waals surface area contributed by atoms with Gasteiger partial charge in [0.05, 0.1) is 0 Å². The second-order valence-electron chi connectivity index (χ2n) is 6.59. The molecule has 0 radical (unpaired) electrons. The van der Waals surface area contributed by atoms with Gasteiger partial charge in [-0.1, -0.05) is 44.2 Å². The molecule has 138 valence electrons. The first kappa shape index (κ1) is 19.6. The Bertz CT molecular complexity index is 562. The number of rotatable bonds is 6. The molecule has 1 aliphatic rings. The Kier molecular flexibility index (Phi) is 8.12. The fraction of sp³-hybridized carbons (Fsp3) is 0.579. The summed E-state index contributed by atoms with van der Waals surface area (Å²) in [6.45, 7) is 7.75. The number of benzene rings is 1. The van der Waals surface area contributed by atoms with E-state index in [1.165, 1.54) is 0 Å². The number of guanidine groups is 1. The lowest BCUT2D eigenvalue weighted by molar-refractivity contribution is -0.121. The molecule has 0 aromatic heterocycles. The number of aliphatic imine (C=N–C) groups is 1. The first-order valence-electron chi connectivity index (χ1n) is 8.98. The zero-order valence-electron chi connectivity index (χ0n) is 15.5. The lowest BCUT2D eigenvalue weighted by Crippen LogP contribution is -2.49. The van der Waals surface area contributed by atoms with E-state index < -0.39 is 0 Å². The summed E-state index contributed by atoms with van der Waals surface area (Å²) < 4.78 is 0. The van der Waals surface area contributed by atoms with Crippen LogP contribution in [0.5, 0.6) is 0 Å². The minimum Gasteiger partial charge on any atom is -0.356 e. The third kappa shape index (κ3) is 6.61. The van der Waals surface area contributed by atoms with Crippen LogP contribution in [-0.2, 0) is 11.3 Å². The van der Waals surface area contributed by atoms with Crippen LogP contribution >= 0.6 is 11.8 Å². The Morgan fingerprint density at radius 2 is 2.08 bits per heavy atom. The second kappa shape index (κ2) is 10.3. The standard InChI is InChI=1S/C19H30N4OS/c1-15(2)17-14-23(11-12-25-17)19(20-3)21-10-9-18(24)22-13-16-7-5-4-6-8-16/h4-8,15,17H,9-14H2,1-3H3,(H,20,21)(H,22,24). The van der Waals surface area contributed by atoms with Crippen molar-refractivity contribution in [1.82, 2.24) is 15.5 Å². The van der Waals surface area contributed by atoms with Crippen LogP contribution in [-0.4, -0.2) is 54.5 Å². The highest BCUT2D eigenvalue weighted by Crippen LogP contribution is 2.24. The number of thioether (sulfide) groups is 1. The number of hydrogen-bond donors (Lipinski definition) is 2. The van der Waals surface area contributed by atoms with Crippen molar-refractivity contribution in [3.05, 3.63) is 35.9 Å². The number of nitrogens with zero attached hydrogens (tertiary/aromatic N) is 2. The molecule has 2 N–H and O–H groups in total. The highest BCUT2D eigenvalue weighted by atomic mass is 32.2. The van der Waals surface area contributed by atoms with Crippen molar-refractivity contribution >= 4 is 23.6 Å². The van der Waals surface area contributed by atoms with Gasteiger partial charge in [-0.25, -0.2) is 0 Å². The molecule has 1 aromatic rings. The molecular formula is C19H30N4OS. The molecule has 1 fully saturated rings. The average molecular weight is 363 g/mol. The third-order valence-corrected chi connectivity index (χ3v) is 5.86. The molecule has 0 spiro atoms. The van der Waals surface area contributed by atoms with Gasteiger partial charge in [0.25, 0.3) is 0 Å². The van der Waals surface area contributed by atoms with E-state index in [-0.39, 0.29) is 5.91 Å². The topological polar surface area (TPSA) is 56.7 Å². The predicted molar refractivity (Wildman–Crippen MR) is 107 cm³/mol. The molecule has 1 amide bonds. The molecule has 6 heteroatoms. The Hall–Kier alpha value is -1.69. The van der Waals surface area contributed by atoms with E-state index in [9.17, 15) is 4.79 Å². The molecule has 1 unspecified atom stereocenters. The minimum atomic E-state index is 0.0565. The van der Waals surface area contributed by atoms with Crippen molar-refractivity contribution in [2.75, 3.05) is 32.4 Å². The van der Waals surface area contributed by atoms with Gasteiger partial charge in [-0.3, -0.25) is 9.79 Å². The molecule has 1 aliphatic heterocycles. The lowest BCUT2D eigenvalue weighted by Gasteiger charge is -2.36. The summed E-state index contributed by atoms with van der Waals surface area (Å²) in [4.78, 5) is 18.7. The van der Waals surface area contributed by atoms with Gasteiger partial charge in [0, 0.05) is 50.7 Å². The maximum absolute atomic E-state index is 12.0. The van der Waals surface area contributed by atoms with Crippen molar-refractivity contribution in [2.24, 2.45) is 10.9 Å². The monoisotopic (exact) mass is 362 g/mol. The van der Waals surface area contributed by atoms with Crippen LogP contribution in [0.2, 0.25) is 0 Å². The van der Waals surface area contributed by atoms with Gasteiger partial charge in [-0.15, -0.1) is 0 Å². The Morgan fingerprint density at radius 1 is 1.32 bits per heavy atom. The van der Waals surface area contributed by atoms with Gasteiger partial charge in [0.2, 0.25) is 5.91 Å². The Morgan fingerprint density at radius 3 is 2.76 bits per heavy atom. The quantitative estimate of drug-likeness (QED) is 0.602. The number of nitrogens with one attached hydrogen (secondary N) is 2. The molecule has 2 rings (SSSR count). The highest BCUT2D eigenvalue weighted by Gasteiger charge is 2.24. The molecule has 5 nitrogen and oxygen atoms in total. The van der Waals surface area contributed by atoms with Gasteiger partial charge >= 0.3 is 0 Å². The van der Waals surface area contributed by atoms with Gasteiger partial charge in [-0.2, -0.15) is 11.8 Å². The average Bonchev–Trinajstić information content (AvgIpc) is 2.64. The lowest BCUT2D eigenvalue weighted by atomic mass is 10.1. The van der Waals surface area contributed by atoms with Crippen LogP contribution in [0.3, 0.4) is 0 Å².